The van der Waals surface area contributed by atoms with Crippen LogP contribution in [-0.4, -0.2) is 13.7 Å². The molecule has 0 unspecified atom stereocenters. The highest BCUT2D eigenvalue weighted by molar-refractivity contribution is 6.10. The predicted molar refractivity (Wildman–Crippen MR) is 239 cm³/mol. The van der Waals surface area contributed by atoms with Crippen molar-refractivity contribution in [3.63, 3.8) is 0 Å². The molecule has 7 aromatic carbocycles. The number of nitrogens with zero attached hydrogens (tertiary/aromatic N) is 3. The van der Waals surface area contributed by atoms with Crippen LogP contribution in [0.2, 0.25) is 0 Å². The second-order valence-corrected chi connectivity index (χ2v) is 14.7. The second kappa shape index (κ2) is 13.6. The van der Waals surface area contributed by atoms with Crippen molar-refractivity contribution in [3.8, 4) is 39.4 Å². The topological polar surface area (TPSA) is 14.8 Å². The molecule has 0 saturated heterocycles. The molecule has 10 rings (SSSR count). The van der Waals surface area contributed by atoms with Crippen molar-refractivity contribution in [2.45, 2.75) is 20.8 Å². The first-order chi connectivity index (χ1) is 27.6. The molecule has 0 aliphatic carbocycles. The highest BCUT2D eigenvalue weighted by Crippen LogP contribution is 2.39. The Morgan fingerprint density at radius 1 is 0.446 bits per heavy atom. The van der Waals surface area contributed by atoms with Gasteiger partial charge in [0.1, 0.15) is 0 Å². The summed E-state index contributed by atoms with van der Waals surface area (Å²) in [7, 11) is 0. The normalized spacial score (nSPS) is 12.2. The maximum Gasteiger partial charge on any atom is 0.0541 e. The highest BCUT2D eigenvalue weighted by atomic mass is 15.0. The lowest BCUT2D eigenvalue weighted by atomic mass is 9.98. The van der Waals surface area contributed by atoms with Gasteiger partial charge in [-0.15, -0.1) is 0 Å². The van der Waals surface area contributed by atoms with E-state index in [1.807, 2.05) is 0 Å². The Bertz CT molecular complexity index is 2920. The predicted octanol–water partition coefficient (Wildman–Crippen LogP) is 14.3. The Morgan fingerprint density at radius 3 is 1.46 bits per heavy atom. The molecule has 10 aromatic rings. The number of hydrogen-bond acceptors (Lipinski definition) is 0. The SMILES string of the molecule is CC=CC=C(C)c1ccc(-c2ccccc2)n1-c1ccc(C)c(-c2cc(-n3c4ccccc4c4ccccc43)cc(-n3c4ccccc4c4ccccc43)c2)c1. The van der Waals surface area contributed by atoms with E-state index in [0.29, 0.717) is 0 Å². The van der Waals surface area contributed by atoms with Crippen molar-refractivity contribution in [2.24, 2.45) is 0 Å². The van der Waals surface area contributed by atoms with Gasteiger partial charge in [0.2, 0.25) is 0 Å². The Kier molecular flexibility index (Phi) is 8.15. The van der Waals surface area contributed by atoms with Gasteiger partial charge in [-0.25, -0.2) is 0 Å². The molecule has 0 radical (unpaired) electrons. The first-order valence-corrected chi connectivity index (χ1v) is 19.4. The van der Waals surface area contributed by atoms with Crippen LogP contribution in [0.3, 0.4) is 0 Å². The third-order valence-corrected chi connectivity index (χ3v) is 11.3. The van der Waals surface area contributed by atoms with Gasteiger partial charge in [-0.2, -0.15) is 0 Å². The van der Waals surface area contributed by atoms with Gasteiger partial charge in [-0.3, -0.25) is 0 Å². The zero-order chi connectivity index (χ0) is 37.8. The number of aryl methyl sites for hydroxylation is 1. The van der Waals surface area contributed by atoms with E-state index in [-0.39, 0.29) is 0 Å². The van der Waals surface area contributed by atoms with Crippen molar-refractivity contribution in [1.29, 1.82) is 0 Å². The number of fused-ring (bicyclic) bond motifs is 6. The van der Waals surface area contributed by atoms with Crippen molar-refractivity contribution in [1.82, 2.24) is 13.7 Å². The van der Waals surface area contributed by atoms with E-state index in [1.54, 1.807) is 0 Å². The summed E-state index contributed by atoms with van der Waals surface area (Å²) in [5.74, 6) is 0. The van der Waals surface area contributed by atoms with Crippen LogP contribution in [0.15, 0.2) is 194 Å². The maximum atomic E-state index is 2.44. The van der Waals surface area contributed by atoms with Gasteiger partial charge >= 0.3 is 0 Å². The molecule has 3 nitrogen and oxygen atoms in total. The third kappa shape index (κ3) is 5.43. The monoisotopic (exact) mass is 719 g/mol. The van der Waals surface area contributed by atoms with Crippen LogP contribution in [0.1, 0.15) is 25.1 Å². The Labute approximate surface area is 327 Å². The van der Waals surface area contributed by atoms with Crippen LogP contribution >= 0.6 is 0 Å². The van der Waals surface area contributed by atoms with Gasteiger partial charge < -0.3 is 13.7 Å². The molecule has 0 aliphatic heterocycles. The number of allylic oxidation sites excluding steroid dienone is 4. The first kappa shape index (κ1) is 33.5. The van der Waals surface area contributed by atoms with Gasteiger partial charge in [0.25, 0.3) is 0 Å². The number of hydrogen-bond donors (Lipinski definition) is 0. The quantitative estimate of drug-likeness (QED) is 0.146. The third-order valence-electron chi connectivity index (χ3n) is 11.3. The molecule has 3 heterocycles. The summed E-state index contributed by atoms with van der Waals surface area (Å²) < 4.78 is 7.30. The van der Waals surface area contributed by atoms with Crippen LogP contribution in [0.4, 0.5) is 0 Å². The molecular formula is C53H41N3. The highest BCUT2D eigenvalue weighted by Gasteiger charge is 2.19. The largest absolute Gasteiger partial charge is 0.310 e. The van der Waals surface area contributed by atoms with E-state index in [1.165, 1.54) is 71.6 Å². The molecule has 0 spiro atoms. The van der Waals surface area contributed by atoms with Crippen molar-refractivity contribution < 1.29 is 0 Å². The Hall–Kier alpha value is -7.10. The smallest absolute Gasteiger partial charge is 0.0541 e. The molecule has 268 valence electrons. The van der Waals surface area contributed by atoms with Crippen LogP contribution in [0.25, 0.3) is 88.6 Å². The Balaban J connectivity index is 1.27. The van der Waals surface area contributed by atoms with E-state index < -0.39 is 0 Å². The Morgan fingerprint density at radius 2 is 0.946 bits per heavy atom. The van der Waals surface area contributed by atoms with Gasteiger partial charge in [0, 0.05) is 44.3 Å². The number of benzene rings is 7. The maximum absolute atomic E-state index is 2.44. The lowest BCUT2D eigenvalue weighted by Gasteiger charge is -2.19. The van der Waals surface area contributed by atoms with Gasteiger partial charge in [-0.1, -0.05) is 127 Å². The van der Waals surface area contributed by atoms with E-state index >= 15 is 0 Å². The average Bonchev–Trinajstić information content (AvgIpc) is 3.94. The first-order valence-electron chi connectivity index (χ1n) is 19.4. The van der Waals surface area contributed by atoms with E-state index in [4.69, 9.17) is 0 Å². The van der Waals surface area contributed by atoms with Crippen LogP contribution in [-0.2, 0) is 0 Å². The molecule has 0 fully saturated rings. The van der Waals surface area contributed by atoms with Crippen molar-refractivity contribution in [2.75, 3.05) is 0 Å². The van der Waals surface area contributed by atoms with E-state index in [0.717, 1.165) is 28.3 Å². The fourth-order valence-corrected chi connectivity index (χ4v) is 8.65. The molecule has 0 amide bonds. The van der Waals surface area contributed by atoms with Crippen molar-refractivity contribution >= 4 is 49.2 Å². The molecule has 0 aliphatic rings. The van der Waals surface area contributed by atoms with E-state index in [2.05, 4.69) is 229 Å². The van der Waals surface area contributed by atoms with Crippen LogP contribution in [0.5, 0.6) is 0 Å². The summed E-state index contributed by atoms with van der Waals surface area (Å²) in [6.45, 7) is 6.49. The number of aromatic nitrogens is 3. The number of rotatable bonds is 7. The molecule has 3 aromatic heterocycles. The zero-order valence-corrected chi connectivity index (χ0v) is 31.8. The second-order valence-electron chi connectivity index (χ2n) is 14.7. The summed E-state index contributed by atoms with van der Waals surface area (Å²) >= 11 is 0. The standard InChI is InChI=1S/C53H41N3/c1-4-5-17-37(3)48-30-31-49(38-18-7-6-8-19-38)54(48)40-29-28-36(2)47(35-40)39-32-41(55-50-24-13-9-20-43(50)44-21-10-14-25-51(44)55)34-42(33-39)56-52-26-15-11-22-45(52)46-23-12-16-27-53(46)56/h4-35H,1-3H3. The van der Waals surface area contributed by atoms with E-state index in [9.17, 15) is 0 Å². The van der Waals surface area contributed by atoms with Crippen LogP contribution in [0, 0.1) is 6.92 Å². The summed E-state index contributed by atoms with van der Waals surface area (Å²) in [4.78, 5) is 0. The zero-order valence-electron chi connectivity index (χ0n) is 31.8. The minimum atomic E-state index is 1.12. The molecule has 3 heteroatoms. The summed E-state index contributed by atoms with van der Waals surface area (Å²) in [5, 5.41) is 5.00. The van der Waals surface area contributed by atoms with Gasteiger partial charge in [-0.05, 0) is 115 Å². The fraction of sp³-hybridized carbons (Fsp3) is 0.0566. The minimum absolute atomic E-state index is 1.12. The molecule has 0 N–H and O–H groups in total. The molecular weight excluding hydrogens is 679 g/mol. The molecule has 56 heavy (non-hydrogen) atoms. The van der Waals surface area contributed by atoms with Gasteiger partial charge in [0.05, 0.1) is 27.8 Å². The lowest BCUT2D eigenvalue weighted by molar-refractivity contribution is 1.06. The number of para-hydroxylation sites is 4. The van der Waals surface area contributed by atoms with Crippen LogP contribution < -0.4 is 0 Å². The summed E-state index contributed by atoms with van der Waals surface area (Å²) in [6.07, 6.45) is 6.40. The fourth-order valence-electron chi connectivity index (χ4n) is 8.65. The molecule has 0 saturated carbocycles. The summed E-state index contributed by atoms with van der Waals surface area (Å²) in [5.41, 5.74) is 16.4. The average molecular weight is 720 g/mol. The minimum Gasteiger partial charge on any atom is -0.310 e. The molecule has 0 bridgehead atoms. The molecule has 0 atom stereocenters. The van der Waals surface area contributed by atoms with Crippen molar-refractivity contribution in [3.05, 3.63) is 205 Å². The summed E-state index contributed by atoms with van der Waals surface area (Å²) in [6, 6.07) is 64.4. The van der Waals surface area contributed by atoms with Gasteiger partial charge in [0.15, 0.2) is 0 Å². The lowest BCUT2D eigenvalue weighted by Crippen LogP contribution is -2.03.